The highest BCUT2D eigenvalue weighted by Gasteiger charge is 2.13. The third kappa shape index (κ3) is 3.52. The lowest BCUT2D eigenvalue weighted by atomic mass is 10.2. The molecular weight excluding hydrogens is 315 g/mol. The number of nitrogens with one attached hydrogen (secondary N) is 2. The number of hydrogen-bond acceptors (Lipinski definition) is 4. The van der Waals surface area contributed by atoms with E-state index in [0.717, 1.165) is 11.6 Å². The monoisotopic (exact) mass is 328 g/mol. The zero-order valence-corrected chi connectivity index (χ0v) is 12.4. The van der Waals surface area contributed by atoms with Crippen LogP contribution >= 0.6 is 0 Å². The summed E-state index contributed by atoms with van der Waals surface area (Å²) in [5, 5.41) is 0. The molecule has 2 amide bonds. The lowest BCUT2D eigenvalue weighted by Gasteiger charge is -2.05. The Labute approximate surface area is 136 Å². The molecule has 0 atom stereocenters. The second-order valence-electron chi connectivity index (χ2n) is 4.87. The molecule has 0 aromatic heterocycles. The summed E-state index contributed by atoms with van der Waals surface area (Å²) in [7, 11) is 0. The largest absolute Gasteiger partial charge is 0.454 e. The van der Waals surface area contributed by atoms with Gasteiger partial charge in [-0.3, -0.25) is 20.4 Å². The van der Waals surface area contributed by atoms with Crippen molar-refractivity contribution in [3.63, 3.8) is 0 Å². The lowest BCUT2D eigenvalue weighted by molar-refractivity contribution is -0.117. The Kier molecular flexibility index (Phi) is 4.42. The van der Waals surface area contributed by atoms with E-state index in [2.05, 4.69) is 10.9 Å². The van der Waals surface area contributed by atoms with Crippen molar-refractivity contribution in [1.29, 1.82) is 0 Å². The molecule has 1 aliphatic rings. The molecule has 7 heteroatoms. The van der Waals surface area contributed by atoms with Gasteiger partial charge in [0.15, 0.2) is 11.5 Å². The molecule has 2 aromatic carbocycles. The van der Waals surface area contributed by atoms with E-state index in [1.54, 1.807) is 24.3 Å². The van der Waals surface area contributed by atoms with E-state index in [4.69, 9.17) is 9.47 Å². The van der Waals surface area contributed by atoms with Gasteiger partial charge >= 0.3 is 0 Å². The second kappa shape index (κ2) is 6.82. The molecule has 3 rings (SSSR count). The number of rotatable bonds is 3. The average Bonchev–Trinajstić information content (AvgIpc) is 3.06. The number of fused-ring (bicyclic) bond motifs is 1. The summed E-state index contributed by atoms with van der Waals surface area (Å²) >= 11 is 0. The molecule has 0 saturated carbocycles. The number of benzene rings is 2. The minimum absolute atomic E-state index is 0.155. The fraction of sp³-hybridized carbons (Fsp3) is 0.0588. The van der Waals surface area contributed by atoms with Crippen molar-refractivity contribution >= 4 is 17.9 Å². The van der Waals surface area contributed by atoms with Crippen LogP contribution in [0.4, 0.5) is 4.39 Å². The van der Waals surface area contributed by atoms with Crippen molar-refractivity contribution < 1.29 is 23.5 Å². The van der Waals surface area contributed by atoms with Crippen molar-refractivity contribution in [2.24, 2.45) is 0 Å². The number of amides is 2. The van der Waals surface area contributed by atoms with Crippen LogP contribution in [-0.2, 0) is 4.79 Å². The van der Waals surface area contributed by atoms with E-state index in [9.17, 15) is 14.0 Å². The molecule has 122 valence electrons. The van der Waals surface area contributed by atoms with Crippen LogP contribution in [0, 0.1) is 5.82 Å². The van der Waals surface area contributed by atoms with Gasteiger partial charge in [-0.05, 0) is 35.9 Å². The first-order valence-electron chi connectivity index (χ1n) is 7.06. The number of carbonyl (C=O) groups excluding carboxylic acids is 2. The van der Waals surface area contributed by atoms with Gasteiger partial charge in [-0.2, -0.15) is 0 Å². The predicted molar refractivity (Wildman–Crippen MR) is 83.6 cm³/mol. The van der Waals surface area contributed by atoms with Gasteiger partial charge < -0.3 is 9.47 Å². The van der Waals surface area contributed by atoms with Gasteiger partial charge in [-0.15, -0.1) is 0 Å². The predicted octanol–water partition coefficient (Wildman–Crippen LogP) is 2.03. The van der Waals surface area contributed by atoms with Crippen LogP contribution in [0.2, 0.25) is 0 Å². The molecule has 24 heavy (non-hydrogen) atoms. The molecule has 0 radical (unpaired) electrons. The average molecular weight is 328 g/mol. The third-order valence-electron chi connectivity index (χ3n) is 3.24. The lowest BCUT2D eigenvalue weighted by Crippen LogP contribution is -2.41. The fourth-order valence-corrected chi connectivity index (χ4v) is 2.06. The maximum Gasteiger partial charge on any atom is 0.272 e. The minimum Gasteiger partial charge on any atom is -0.454 e. The molecular formula is C17H13FN2O4. The summed E-state index contributed by atoms with van der Waals surface area (Å²) in [6.07, 6.45) is 2.78. The highest BCUT2D eigenvalue weighted by Crippen LogP contribution is 2.32. The molecule has 1 aliphatic heterocycles. The quantitative estimate of drug-likeness (QED) is 0.668. The Hall–Kier alpha value is -3.35. The van der Waals surface area contributed by atoms with E-state index in [0.29, 0.717) is 11.5 Å². The molecule has 6 nitrogen and oxygen atoms in total. The third-order valence-corrected chi connectivity index (χ3v) is 3.24. The normalized spacial score (nSPS) is 12.2. The van der Waals surface area contributed by atoms with E-state index in [-0.39, 0.29) is 12.4 Å². The molecule has 2 aromatic rings. The minimum atomic E-state index is -0.738. The first-order chi connectivity index (χ1) is 11.6. The van der Waals surface area contributed by atoms with Crippen LogP contribution in [0.25, 0.3) is 6.08 Å². The SMILES string of the molecule is O=C(C=Cc1ccc2c(c1)OCO2)NNC(=O)c1ccccc1F. The van der Waals surface area contributed by atoms with Gasteiger partial charge in [0, 0.05) is 6.08 Å². The summed E-state index contributed by atoms with van der Waals surface area (Å²) in [6.45, 7) is 0.172. The number of ether oxygens (including phenoxy) is 2. The highest BCUT2D eigenvalue weighted by molar-refractivity contribution is 5.98. The van der Waals surface area contributed by atoms with Crippen molar-refractivity contribution in [2.75, 3.05) is 6.79 Å². The molecule has 0 spiro atoms. The van der Waals surface area contributed by atoms with Crippen LogP contribution in [0.1, 0.15) is 15.9 Å². The van der Waals surface area contributed by atoms with Crippen molar-refractivity contribution in [3.05, 3.63) is 65.5 Å². The Morgan fingerprint density at radius 3 is 2.67 bits per heavy atom. The molecule has 0 bridgehead atoms. The number of carbonyl (C=O) groups is 2. The van der Waals surface area contributed by atoms with Crippen LogP contribution in [-0.4, -0.2) is 18.6 Å². The Bertz CT molecular complexity index is 820. The van der Waals surface area contributed by atoms with Gasteiger partial charge in [0.2, 0.25) is 6.79 Å². The van der Waals surface area contributed by atoms with E-state index in [1.807, 2.05) is 0 Å². The number of halogens is 1. The van der Waals surface area contributed by atoms with Crippen molar-refractivity contribution in [3.8, 4) is 11.5 Å². The summed E-state index contributed by atoms with van der Waals surface area (Å²) in [6, 6.07) is 10.7. The number of hydrogen-bond donors (Lipinski definition) is 2. The van der Waals surface area contributed by atoms with Crippen LogP contribution in [0.15, 0.2) is 48.5 Å². The van der Waals surface area contributed by atoms with E-state index < -0.39 is 17.6 Å². The first-order valence-corrected chi connectivity index (χ1v) is 7.06. The van der Waals surface area contributed by atoms with Crippen LogP contribution in [0.3, 0.4) is 0 Å². The standard InChI is InChI=1S/C17H13FN2O4/c18-13-4-2-1-3-12(13)17(22)20-19-16(21)8-6-11-5-7-14-15(9-11)24-10-23-14/h1-9H,10H2,(H,19,21)(H,20,22). The maximum atomic E-state index is 13.4. The fourth-order valence-electron chi connectivity index (χ4n) is 2.06. The van der Waals surface area contributed by atoms with Gasteiger partial charge in [-0.1, -0.05) is 18.2 Å². The first kappa shape index (κ1) is 15.5. The molecule has 0 aliphatic carbocycles. The zero-order valence-electron chi connectivity index (χ0n) is 12.4. The maximum absolute atomic E-state index is 13.4. The Morgan fingerprint density at radius 1 is 1.04 bits per heavy atom. The smallest absolute Gasteiger partial charge is 0.272 e. The molecule has 0 saturated heterocycles. The summed E-state index contributed by atoms with van der Waals surface area (Å²) in [5.74, 6) is -0.713. The zero-order chi connectivity index (χ0) is 16.9. The van der Waals surface area contributed by atoms with Crippen LogP contribution in [0.5, 0.6) is 11.5 Å². The second-order valence-corrected chi connectivity index (χ2v) is 4.87. The molecule has 2 N–H and O–H groups in total. The van der Waals surface area contributed by atoms with Gasteiger partial charge in [0.05, 0.1) is 5.56 Å². The van der Waals surface area contributed by atoms with E-state index in [1.165, 1.54) is 24.3 Å². The van der Waals surface area contributed by atoms with Gasteiger partial charge in [0.1, 0.15) is 5.82 Å². The molecule has 0 fully saturated rings. The van der Waals surface area contributed by atoms with Gasteiger partial charge in [-0.25, -0.2) is 4.39 Å². The van der Waals surface area contributed by atoms with Crippen LogP contribution < -0.4 is 20.3 Å². The Balaban J connectivity index is 1.56. The van der Waals surface area contributed by atoms with Gasteiger partial charge in [0.25, 0.3) is 11.8 Å². The number of hydrazine groups is 1. The molecule has 1 heterocycles. The van der Waals surface area contributed by atoms with Crippen molar-refractivity contribution in [2.45, 2.75) is 0 Å². The summed E-state index contributed by atoms with van der Waals surface area (Å²) in [5.41, 5.74) is 4.90. The summed E-state index contributed by atoms with van der Waals surface area (Å²) < 4.78 is 23.9. The topological polar surface area (TPSA) is 76.7 Å². The summed E-state index contributed by atoms with van der Waals surface area (Å²) in [4.78, 5) is 23.5. The van der Waals surface area contributed by atoms with E-state index >= 15 is 0 Å². The molecule has 0 unspecified atom stereocenters. The highest BCUT2D eigenvalue weighted by atomic mass is 19.1. The Morgan fingerprint density at radius 2 is 1.83 bits per heavy atom. The van der Waals surface area contributed by atoms with Crippen molar-refractivity contribution in [1.82, 2.24) is 10.9 Å².